The smallest absolute Gasteiger partial charge is 0.340 e. The highest BCUT2D eigenvalue weighted by Gasteiger charge is 2.91. The molecule has 3 heterocycles. The quantitative estimate of drug-likeness (QED) is 0.298. The predicted molar refractivity (Wildman–Crippen MR) is 196 cm³/mol. The number of hydrogen-bond donors (Lipinski definition) is 2. The molecule has 6 rings (SSSR count). The van der Waals surface area contributed by atoms with Crippen LogP contribution < -0.4 is 0 Å². The number of carbonyl (C=O) groups excluding carboxylic acids is 7. The summed E-state index contributed by atoms with van der Waals surface area (Å²) in [6.07, 6.45) is -10.8. The Labute approximate surface area is 338 Å². The van der Waals surface area contributed by atoms with E-state index < -0.39 is 132 Å². The Kier molecular flexibility index (Phi) is 11.4. The summed E-state index contributed by atoms with van der Waals surface area (Å²) in [6, 6.07) is 10.3. The SMILES string of the molecule is CC(=O)OC[C@]12[C@H](OC(C)=O)[C@H](OC(C)=O)[C@@H]3[C@@H](O)[C@@]14O[C@@]3(C)COC(=O)c1cccnc1[C@H](C)[C@H](C)C(=O)O[C@@H]([C@H](OC(C)=O)[C@@H]2OC(=O)c1ccccc1)[C@]4(C)O. The van der Waals surface area contributed by atoms with Gasteiger partial charge in [-0.15, -0.1) is 0 Å². The largest absolute Gasteiger partial charge is 0.465 e. The fourth-order valence-electron chi connectivity index (χ4n) is 9.54. The Morgan fingerprint density at radius 2 is 1.42 bits per heavy atom. The summed E-state index contributed by atoms with van der Waals surface area (Å²) in [5, 5.41) is 26.3. The van der Waals surface area contributed by atoms with Gasteiger partial charge in [-0.1, -0.05) is 32.0 Å². The molecule has 0 radical (unpaired) electrons. The molecule has 1 saturated heterocycles. The van der Waals surface area contributed by atoms with Crippen molar-refractivity contribution in [3.05, 3.63) is 65.5 Å². The number of cyclic esters (lactones) is 1. The zero-order valence-corrected chi connectivity index (χ0v) is 33.7. The maximum atomic E-state index is 14.4. The lowest BCUT2D eigenvalue weighted by Crippen LogP contribution is -2.89. The summed E-state index contributed by atoms with van der Waals surface area (Å²) >= 11 is 0. The number of fused-ring (bicyclic) bond motifs is 5. The van der Waals surface area contributed by atoms with E-state index in [2.05, 4.69) is 4.98 Å². The zero-order valence-electron chi connectivity index (χ0n) is 33.7. The fourth-order valence-corrected chi connectivity index (χ4v) is 9.54. The lowest BCUT2D eigenvalue weighted by molar-refractivity contribution is -0.385. The van der Waals surface area contributed by atoms with Crippen LogP contribution in [0.4, 0.5) is 0 Å². The number of ether oxygens (including phenoxy) is 8. The molecule has 18 heteroatoms. The minimum Gasteiger partial charge on any atom is -0.465 e. The van der Waals surface area contributed by atoms with Crippen LogP contribution in [0.1, 0.15) is 87.7 Å². The van der Waals surface area contributed by atoms with Crippen molar-refractivity contribution in [2.75, 3.05) is 13.2 Å². The number of aromatic nitrogens is 1. The van der Waals surface area contributed by atoms with Crippen LogP contribution in [0.25, 0.3) is 0 Å². The first-order valence-electron chi connectivity index (χ1n) is 19.0. The van der Waals surface area contributed by atoms with Crippen molar-refractivity contribution in [1.82, 2.24) is 4.98 Å². The number of rotatable bonds is 7. The van der Waals surface area contributed by atoms with Crippen LogP contribution in [0.5, 0.6) is 0 Å². The molecule has 1 aromatic carbocycles. The van der Waals surface area contributed by atoms with E-state index in [0.29, 0.717) is 0 Å². The second-order valence-electron chi connectivity index (χ2n) is 15.9. The van der Waals surface area contributed by atoms with E-state index >= 15 is 0 Å². The standard InChI is InChI=1S/C41H47NO17/c1-19-20(2)35(48)57-32-30(55-23(5)45)34(58-36(49)25-13-10-9-11-14-25)40(18-52-21(3)43)33(56-24(6)46)29(54-22(4)44)27-31(47)41(40,39(32,8)51)59-38(27,7)17-53-37(50)26-15-12-16-42-28(19)26/h9-16,19-20,27,29-34,47,51H,17-18H2,1-8H3/t19-,20+,27-,29-,30+,31-,32+,33-,34+,38+,39+,40-,41+/m1/s1. The molecule has 3 fully saturated rings. The first-order valence-corrected chi connectivity index (χ1v) is 19.0. The van der Waals surface area contributed by atoms with Gasteiger partial charge in [0.2, 0.25) is 0 Å². The monoisotopic (exact) mass is 825 g/mol. The zero-order chi connectivity index (χ0) is 43.4. The van der Waals surface area contributed by atoms with Crippen LogP contribution in [-0.4, -0.2) is 124 Å². The third-order valence-electron chi connectivity index (χ3n) is 12.1. The van der Waals surface area contributed by atoms with Gasteiger partial charge in [-0.25, -0.2) is 9.59 Å². The number of pyridine rings is 1. The Morgan fingerprint density at radius 1 is 0.814 bits per heavy atom. The molecule has 59 heavy (non-hydrogen) atoms. The highest BCUT2D eigenvalue weighted by Crippen LogP contribution is 2.69. The Morgan fingerprint density at radius 3 is 2.03 bits per heavy atom. The van der Waals surface area contributed by atoms with Crippen molar-refractivity contribution in [3.63, 3.8) is 0 Å². The first-order chi connectivity index (χ1) is 27.6. The average molecular weight is 826 g/mol. The van der Waals surface area contributed by atoms with Crippen LogP contribution in [0, 0.1) is 17.3 Å². The number of aliphatic hydroxyl groups is 2. The molecule has 0 unspecified atom stereocenters. The maximum Gasteiger partial charge on any atom is 0.340 e. The molecule has 4 aliphatic rings. The average Bonchev–Trinajstić information content (AvgIpc) is 3.37. The lowest BCUT2D eigenvalue weighted by atomic mass is 9.45. The van der Waals surface area contributed by atoms with Gasteiger partial charge in [0.05, 0.1) is 34.8 Å². The van der Waals surface area contributed by atoms with Crippen molar-refractivity contribution in [2.24, 2.45) is 17.3 Å². The molecule has 2 N–H and O–H groups in total. The van der Waals surface area contributed by atoms with Gasteiger partial charge >= 0.3 is 41.8 Å². The minimum atomic E-state index is -2.82. The third kappa shape index (κ3) is 6.89. The molecule has 0 amide bonds. The lowest BCUT2D eigenvalue weighted by Gasteiger charge is -2.67. The van der Waals surface area contributed by atoms with Crippen LogP contribution in [0.15, 0.2) is 48.7 Å². The molecule has 2 aliphatic heterocycles. The predicted octanol–water partition coefficient (Wildman–Crippen LogP) is 1.76. The maximum absolute atomic E-state index is 14.4. The van der Waals surface area contributed by atoms with Crippen molar-refractivity contribution < 1.29 is 81.7 Å². The summed E-state index contributed by atoms with van der Waals surface area (Å²) in [7, 11) is 0. The minimum absolute atomic E-state index is 0.0311. The van der Waals surface area contributed by atoms with E-state index in [0.717, 1.165) is 34.6 Å². The van der Waals surface area contributed by atoms with Crippen molar-refractivity contribution in [1.29, 1.82) is 0 Å². The van der Waals surface area contributed by atoms with Gasteiger partial charge in [0.25, 0.3) is 0 Å². The van der Waals surface area contributed by atoms with E-state index in [1.54, 1.807) is 13.0 Å². The topological polar surface area (TPSA) is 247 Å². The van der Waals surface area contributed by atoms with Crippen LogP contribution in [-0.2, 0) is 61.9 Å². The van der Waals surface area contributed by atoms with Gasteiger partial charge in [0, 0.05) is 39.8 Å². The summed E-state index contributed by atoms with van der Waals surface area (Å²) in [6.45, 7) is 7.76. The third-order valence-corrected chi connectivity index (χ3v) is 12.1. The van der Waals surface area contributed by atoms with Crippen LogP contribution >= 0.6 is 0 Å². The summed E-state index contributed by atoms with van der Waals surface area (Å²) in [5.74, 6) is -10.7. The highest BCUT2D eigenvalue weighted by molar-refractivity contribution is 5.91. The Bertz CT molecular complexity index is 2040. The molecule has 2 aliphatic carbocycles. The molecular weight excluding hydrogens is 778 g/mol. The number of benzene rings is 1. The highest BCUT2D eigenvalue weighted by atomic mass is 16.7. The normalized spacial score (nSPS) is 37.4. The van der Waals surface area contributed by atoms with Crippen LogP contribution in [0.3, 0.4) is 0 Å². The fraction of sp³-hybridized carbons (Fsp3) is 0.561. The molecule has 2 saturated carbocycles. The van der Waals surface area contributed by atoms with E-state index in [9.17, 15) is 43.8 Å². The Hall–Kier alpha value is -5.46. The van der Waals surface area contributed by atoms with E-state index in [1.165, 1.54) is 56.4 Å². The van der Waals surface area contributed by atoms with Gasteiger partial charge in [0.15, 0.2) is 24.4 Å². The molecule has 1 aromatic heterocycles. The Balaban J connectivity index is 1.75. The van der Waals surface area contributed by atoms with Gasteiger partial charge in [-0.3, -0.25) is 29.0 Å². The number of nitrogens with zero attached hydrogens (tertiary/aromatic N) is 1. The second-order valence-corrected chi connectivity index (χ2v) is 15.9. The van der Waals surface area contributed by atoms with Crippen molar-refractivity contribution in [2.45, 2.75) is 115 Å². The van der Waals surface area contributed by atoms with Gasteiger partial charge in [0.1, 0.15) is 41.5 Å². The second kappa shape index (κ2) is 15.6. The van der Waals surface area contributed by atoms with Crippen molar-refractivity contribution in [3.8, 4) is 0 Å². The van der Waals surface area contributed by atoms with Gasteiger partial charge in [-0.05, 0) is 38.1 Å². The molecule has 318 valence electrons. The number of hydrogen-bond acceptors (Lipinski definition) is 18. The number of aliphatic hydroxyl groups excluding tert-OH is 1. The first kappa shape index (κ1) is 43.1. The summed E-state index contributed by atoms with van der Waals surface area (Å²) in [4.78, 5) is 99.4. The number of esters is 7. The molecule has 2 aromatic rings. The molecule has 13 atom stereocenters. The molecule has 1 spiro atoms. The van der Waals surface area contributed by atoms with Gasteiger partial charge in [-0.2, -0.15) is 0 Å². The van der Waals surface area contributed by atoms with E-state index in [4.69, 9.17) is 37.9 Å². The van der Waals surface area contributed by atoms with Gasteiger partial charge < -0.3 is 48.1 Å². The summed E-state index contributed by atoms with van der Waals surface area (Å²) in [5.41, 5.74) is -10.2. The van der Waals surface area contributed by atoms with Crippen LogP contribution in [0.2, 0.25) is 0 Å². The van der Waals surface area contributed by atoms with E-state index in [1.807, 2.05) is 0 Å². The molecule has 18 nitrogen and oxygen atoms in total. The number of carbonyl (C=O) groups is 7. The van der Waals surface area contributed by atoms with E-state index in [-0.39, 0.29) is 16.8 Å². The molecule has 4 bridgehead atoms. The van der Waals surface area contributed by atoms with Crippen molar-refractivity contribution >= 4 is 41.8 Å². The summed E-state index contributed by atoms with van der Waals surface area (Å²) < 4.78 is 48.6. The molecular formula is C41H47NO17.